The van der Waals surface area contributed by atoms with E-state index in [1.54, 1.807) is 0 Å². The summed E-state index contributed by atoms with van der Waals surface area (Å²) in [5.74, 6) is 1.00. The molecule has 0 saturated heterocycles. The Morgan fingerprint density at radius 1 is 1.07 bits per heavy atom. The number of nitrogens with zero attached hydrogens (tertiary/aromatic N) is 3. The van der Waals surface area contributed by atoms with Crippen LogP contribution in [0, 0.1) is 0 Å². The smallest absolute Gasteiger partial charge is 0.135 e. The van der Waals surface area contributed by atoms with Gasteiger partial charge < -0.3 is 19.2 Å². The molecule has 28 heavy (non-hydrogen) atoms. The highest BCUT2D eigenvalue weighted by atomic mass is 16.5. The Morgan fingerprint density at radius 2 is 1.89 bits per heavy atom. The number of rotatable bonds is 5. The fourth-order valence-electron chi connectivity index (χ4n) is 4.00. The molecule has 0 fully saturated rings. The Hall–Kier alpha value is -2.89. The zero-order valence-electron chi connectivity index (χ0n) is 16.0. The lowest BCUT2D eigenvalue weighted by molar-refractivity contribution is 0.00279. The van der Waals surface area contributed by atoms with Gasteiger partial charge in [-0.05, 0) is 11.6 Å². The maximum absolute atomic E-state index is 6.03. The average molecular weight is 372 g/mol. The molecule has 0 bridgehead atoms. The highest BCUT2D eigenvalue weighted by Gasteiger charge is 2.21. The molecule has 1 aliphatic rings. The van der Waals surface area contributed by atoms with Crippen LogP contribution in [0.15, 0.2) is 67.0 Å². The third kappa shape index (κ3) is 3.23. The fourth-order valence-corrected chi connectivity index (χ4v) is 4.00. The molecule has 5 heteroatoms. The van der Waals surface area contributed by atoms with E-state index in [2.05, 4.69) is 70.3 Å². The number of ether oxygens (including phenoxy) is 1. The summed E-state index contributed by atoms with van der Waals surface area (Å²) in [5, 5.41) is 4.89. The highest BCUT2D eigenvalue weighted by molar-refractivity contribution is 5.83. The number of aromatic nitrogens is 3. The third-order valence-electron chi connectivity index (χ3n) is 5.44. The summed E-state index contributed by atoms with van der Waals surface area (Å²) in [6.45, 7) is 3.06. The van der Waals surface area contributed by atoms with E-state index in [1.807, 2.05) is 18.2 Å². The fraction of sp³-hybridized carbons (Fsp3) is 0.261. The first kappa shape index (κ1) is 17.2. The average Bonchev–Trinajstić information content (AvgIpc) is 3.30. The van der Waals surface area contributed by atoms with Gasteiger partial charge >= 0.3 is 0 Å². The summed E-state index contributed by atoms with van der Waals surface area (Å²) in [5.41, 5.74) is 4.76. The van der Waals surface area contributed by atoms with Crippen LogP contribution in [0.3, 0.4) is 0 Å². The molecule has 0 saturated carbocycles. The molecule has 2 aromatic heterocycles. The molecule has 5 nitrogen and oxygen atoms in total. The second-order valence-electron chi connectivity index (χ2n) is 7.41. The van der Waals surface area contributed by atoms with Gasteiger partial charge in [0.2, 0.25) is 0 Å². The number of benzene rings is 2. The van der Waals surface area contributed by atoms with E-state index in [0.29, 0.717) is 6.61 Å². The van der Waals surface area contributed by atoms with Crippen LogP contribution < -0.4 is 5.32 Å². The lowest BCUT2D eigenvalue weighted by atomic mass is 10.2. The number of nitrogens with one attached hydrogen (secondary N) is 1. The van der Waals surface area contributed by atoms with Crippen molar-refractivity contribution in [2.45, 2.75) is 25.8 Å². The van der Waals surface area contributed by atoms with Gasteiger partial charge in [-0.1, -0.05) is 48.5 Å². The van der Waals surface area contributed by atoms with E-state index in [-0.39, 0.29) is 6.10 Å². The van der Waals surface area contributed by atoms with Gasteiger partial charge in [-0.15, -0.1) is 0 Å². The maximum atomic E-state index is 6.03. The second-order valence-corrected chi connectivity index (χ2v) is 7.41. The van der Waals surface area contributed by atoms with Crippen LogP contribution in [0.1, 0.15) is 11.4 Å². The SMILES string of the molecule is Cn1cc(CNCC2Cn3cc(-c4ccccc4)nc3CO2)c2ccccc21. The minimum absolute atomic E-state index is 0.153. The molecule has 3 heterocycles. The van der Waals surface area contributed by atoms with E-state index in [0.717, 1.165) is 36.7 Å². The van der Waals surface area contributed by atoms with E-state index in [4.69, 9.17) is 9.72 Å². The number of hydrogen-bond acceptors (Lipinski definition) is 3. The van der Waals surface area contributed by atoms with Crippen molar-refractivity contribution in [2.24, 2.45) is 7.05 Å². The van der Waals surface area contributed by atoms with Gasteiger partial charge in [0.15, 0.2) is 0 Å². The molecular formula is C23H24N4O. The molecule has 1 atom stereocenters. The van der Waals surface area contributed by atoms with Crippen LogP contribution in [0.4, 0.5) is 0 Å². The van der Waals surface area contributed by atoms with Crippen LogP contribution >= 0.6 is 0 Å². The Morgan fingerprint density at radius 3 is 2.79 bits per heavy atom. The first-order chi connectivity index (χ1) is 13.8. The Kier molecular flexibility index (Phi) is 4.47. The van der Waals surface area contributed by atoms with Gasteiger partial charge in [0.1, 0.15) is 12.4 Å². The Bertz CT molecular complexity index is 1100. The van der Waals surface area contributed by atoms with E-state index in [1.165, 1.54) is 16.5 Å². The molecule has 1 N–H and O–H groups in total. The van der Waals surface area contributed by atoms with Gasteiger partial charge in [0.05, 0.1) is 18.3 Å². The quantitative estimate of drug-likeness (QED) is 0.581. The number of fused-ring (bicyclic) bond motifs is 2. The van der Waals surface area contributed by atoms with E-state index in [9.17, 15) is 0 Å². The van der Waals surface area contributed by atoms with Crippen molar-refractivity contribution in [2.75, 3.05) is 6.54 Å². The zero-order valence-corrected chi connectivity index (χ0v) is 16.0. The molecule has 142 valence electrons. The number of imidazole rings is 1. The first-order valence-corrected chi connectivity index (χ1v) is 9.74. The number of aryl methyl sites for hydroxylation is 1. The molecule has 5 rings (SSSR count). The summed E-state index contributed by atoms with van der Waals surface area (Å²) < 4.78 is 10.5. The van der Waals surface area contributed by atoms with E-state index < -0.39 is 0 Å². The molecule has 1 aliphatic heterocycles. The third-order valence-corrected chi connectivity index (χ3v) is 5.44. The van der Waals surface area contributed by atoms with Crippen molar-refractivity contribution in [1.29, 1.82) is 0 Å². The van der Waals surface area contributed by atoms with Gasteiger partial charge in [-0.2, -0.15) is 0 Å². The molecule has 0 amide bonds. The van der Waals surface area contributed by atoms with Gasteiger partial charge in [0, 0.05) is 49.0 Å². The highest BCUT2D eigenvalue weighted by Crippen LogP contribution is 2.23. The van der Waals surface area contributed by atoms with Crippen LogP contribution in [0.25, 0.3) is 22.2 Å². The molecule has 0 spiro atoms. The lowest BCUT2D eigenvalue weighted by Crippen LogP contribution is -2.35. The standard InChI is InChI=1S/C23H24N4O/c1-26-13-18(20-9-5-6-10-22(20)26)11-24-12-19-14-27-15-21(25-23(27)16-28-19)17-7-3-2-4-8-17/h2-10,13,15,19,24H,11-12,14,16H2,1H3. The lowest BCUT2D eigenvalue weighted by Gasteiger charge is -2.24. The van der Waals surface area contributed by atoms with Crippen molar-refractivity contribution in [3.63, 3.8) is 0 Å². The molecule has 0 radical (unpaired) electrons. The molecule has 4 aromatic rings. The second kappa shape index (κ2) is 7.26. The van der Waals surface area contributed by atoms with Crippen LogP contribution in [0.5, 0.6) is 0 Å². The largest absolute Gasteiger partial charge is 0.367 e. The predicted octanol–water partition coefficient (Wildman–Crippen LogP) is 3.73. The summed E-state index contributed by atoms with van der Waals surface area (Å²) in [4.78, 5) is 4.74. The van der Waals surface area contributed by atoms with Crippen LogP contribution in [0.2, 0.25) is 0 Å². The molecule has 0 aliphatic carbocycles. The van der Waals surface area contributed by atoms with Crippen molar-refractivity contribution >= 4 is 10.9 Å². The van der Waals surface area contributed by atoms with Crippen molar-refractivity contribution < 1.29 is 4.74 Å². The molecule has 2 aromatic carbocycles. The van der Waals surface area contributed by atoms with E-state index >= 15 is 0 Å². The summed E-state index contributed by atoms with van der Waals surface area (Å²) >= 11 is 0. The minimum Gasteiger partial charge on any atom is -0.367 e. The van der Waals surface area contributed by atoms with Crippen molar-refractivity contribution in [3.05, 3.63) is 78.4 Å². The number of para-hydroxylation sites is 1. The zero-order chi connectivity index (χ0) is 18.9. The number of hydrogen-bond donors (Lipinski definition) is 1. The summed E-state index contributed by atoms with van der Waals surface area (Å²) in [6.07, 6.45) is 4.50. The predicted molar refractivity (Wildman–Crippen MR) is 111 cm³/mol. The van der Waals surface area contributed by atoms with Crippen LogP contribution in [-0.2, 0) is 31.5 Å². The van der Waals surface area contributed by atoms with Gasteiger partial charge in [-0.25, -0.2) is 4.98 Å². The maximum Gasteiger partial charge on any atom is 0.135 e. The Balaban J connectivity index is 1.23. The summed E-state index contributed by atoms with van der Waals surface area (Å²) in [6, 6.07) is 18.8. The monoisotopic (exact) mass is 372 g/mol. The molecular weight excluding hydrogens is 348 g/mol. The summed E-state index contributed by atoms with van der Waals surface area (Å²) in [7, 11) is 2.10. The topological polar surface area (TPSA) is 44.0 Å². The normalized spacial score (nSPS) is 16.4. The van der Waals surface area contributed by atoms with Crippen molar-refractivity contribution in [1.82, 2.24) is 19.4 Å². The first-order valence-electron chi connectivity index (χ1n) is 9.74. The van der Waals surface area contributed by atoms with Gasteiger partial charge in [-0.3, -0.25) is 0 Å². The Labute approximate surface area is 164 Å². The minimum atomic E-state index is 0.153. The molecule has 1 unspecified atom stereocenters. The van der Waals surface area contributed by atoms with Crippen molar-refractivity contribution in [3.8, 4) is 11.3 Å². The van der Waals surface area contributed by atoms with Crippen LogP contribution in [-0.4, -0.2) is 26.8 Å². The van der Waals surface area contributed by atoms with Gasteiger partial charge in [0.25, 0.3) is 0 Å².